The van der Waals surface area contributed by atoms with Crippen molar-refractivity contribution in [3.05, 3.63) is 64.6 Å². The van der Waals surface area contributed by atoms with Crippen LogP contribution in [0, 0.1) is 6.92 Å². The van der Waals surface area contributed by atoms with Crippen molar-refractivity contribution in [2.75, 3.05) is 0 Å². The summed E-state index contributed by atoms with van der Waals surface area (Å²) in [5.41, 5.74) is 1.48. The van der Waals surface area contributed by atoms with E-state index in [1.165, 1.54) is 0 Å². The zero-order valence-electron chi connectivity index (χ0n) is 14.2. The lowest BCUT2D eigenvalue weighted by Crippen LogP contribution is -2.17. The van der Waals surface area contributed by atoms with Crippen molar-refractivity contribution >= 4 is 29.0 Å². The van der Waals surface area contributed by atoms with Crippen LogP contribution < -0.4 is 10.1 Å². The van der Waals surface area contributed by atoms with Crippen molar-refractivity contribution in [3.8, 4) is 17.4 Å². The van der Waals surface area contributed by atoms with Crippen molar-refractivity contribution in [3.63, 3.8) is 0 Å². The van der Waals surface area contributed by atoms with Crippen molar-refractivity contribution in [2.45, 2.75) is 13.5 Å². The molecule has 1 N–H and O–H groups in total. The second kappa shape index (κ2) is 7.16. The summed E-state index contributed by atoms with van der Waals surface area (Å²) in [4.78, 5) is 27.5. The average Bonchev–Trinajstić information content (AvgIpc) is 3.36. The lowest BCUT2D eigenvalue weighted by atomic mass is 10.2. The third-order valence-electron chi connectivity index (χ3n) is 3.82. The van der Waals surface area contributed by atoms with E-state index in [0.29, 0.717) is 33.8 Å². The molecule has 0 spiro atoms. The van der Waals surface area contributed by atoms with Crippen LogP contribution in [0.2, 0.25) is 0 Å². The number of rotatable bonds is 5. The summed E-state index contributed by atoms with van der Waals surface area (Å²) in [5, 5.41) is 1.87. The summed E-state index contributed by atoms with van der Waals surface area (Å²) in [7, 11) is 0. The Morgan fingerprint density at radius 3 is 2.70 bits per heavy atom. The number of amides is 2. The third kappa shape index (κ3) is 3.80. The quantitative estimate of drug-likeness (QED) is 0.663. The summed E-state index contributed by atoms with van der Waals surface area (Å²) in [5.74, 6) is 1.92. The van der Waals surface area contributed by atoms with Gasteiger partial charge in [0.25, 0.3) is 17.0 Å². The molecule has 0 aliphatic carbocycles. The van der Waals surface area contributed by atoms with Crippen LogP contribution in [0.25, 0.3) is 17.7 Å². The molecule has 4 rings (SSSR count). The molecule has 0 saturated carbocycles. The number of nitrogens with zero attached hydrogens (tertiary/aromatic N) is 1. The second-order valence-corrected chi connectivity index (χ2v) is 6.72. The van der Waals surface area contributed by atoms with Gasteiger partial charge in [0.05, 0.1) is 11.2 Å². The molecule has 1 aromatic carbocycles. The number of furan rings is 1. The molecule has 0 radical (unpaired) electrons. The molecule has 0 atom stereocenters. The van der Waals surface area contributed by atoms with Gasteiger partial charge in [0, 0.05) is 0 Å². The first-order chi connectivity index (χ1) is 13.1. The van der Waals surface area contributed by atoms with Crippen LogP contribution in [0.3, 0.4) is 0 Å². The van der Waals surface area contributed by atoms with E-state index in [9.17, 15) is 9.59 Å². The maximum absolute atomic E-state index is 11.6. The minimum Gasteiger partial charge on any atom is -0.487 e. The van der Waals surface area contributed by atoms with Crippen LogP contribution in [0.4, 0.5) is 4.79 Å². The molecule has 27 heavy (non-hydrogen) atoms. The Hall–Kier alpha value is -3.26. The lowest BCUT2D eigenvalue weighted by Gasteiger charge is -2.05. The summed E-state index contributed by atoms with van der Waals surface area (Å²) in [6, 6.07) is 10.7. The van der Waals surface area contributed by atoms with Crippen LogP contribution in [0.15, 0.2) is 56.4 Å². The molecular weight excluding hydrogens is 368 g/mol. The number of imide groups is 1. The zero-order chi connectivity index (χ0) is 18.8. The number of nitrogens with one attached hydrogen (secondary N) is 1. The van der Waals surface area contributed by atoms with E-state index in [-0.39, 0.29) is 17.8 Å². The van der Waals surface area contributed by atoms with Gasteiger partial charge >= 0.3 is 0 Å². The summed E-state index contributed by atoms with van der Waals surface area (Å²) >= 11 is 0.887. The summed E-state index contributed by atoms with van der Waals surface area (Å²) < 4.78 is 16.6. The Bertz CT molecular complexity index is 1020. The molecule has 7 nitrogen and oxygen atoms in total. The number of hydrogen-bond acceptors (Lipinski definition) is 7. The second-order valence-electron chi connectivity index (χ2n) is 5.71. The molecule has 2 amide bonds. The normalized spacial score (nSPS) is 15.4. The molecule has 0 unspecified atom stereocenters. The lowest BCUT2D eigenvalue weighted by molar-refractivity contribution is -0.115. The van der Waals surface area contributed by atoms with E-state index in [1.54, 1.807) is 36.6 Å². The fourth-order valence-corrected chi connectivity index (χ4v) is 3.13. The molecule has 1 aliphatic rings. The molecule has 136 valence electrons. The van der Waals surface area contributed by atoms with E-state index >= 15 is 0 Å². The SMILES string of the molecule is Cc1oc(-c2ccco2)nc1COc1ccc(/C=C2/SC(=O)NC2=O)cc1. The standard InChI is InChI=1S/C19H14N2O5S/c1-11-14(20-18(26-11)15-3-2-8-24-15)10-25-13-6-4-12(5-7-13)9-16-17(22)21-19(23)27-16/h2-9H,10H2,1H3,(H,21,22,23)/b16-9+. The highest BCUT2D eigenvalue weighted by molar-refractivity contribution is 8.18. The molecule has 1 saturated heterocycles. The number of carbonyl (C=O) groups excluding carboxylic acids is 2. The Kier molecular flexibility index (Phi) is 4.55. The maximum Gasteiger partial charge on any atom is 0.290 e. The molecule has 1 aliphatic heterocycles. The third-order valence-corrected chi connectivity index (χ3v) is 4.63. The van der Waals surface area contributed by atoms with Gasteiger partial charge in [0.1, 0.15) is 23.8 Å². The van der Waals surface area contributed by atoms with Crippen molar-refractivity contribution in [2.24, 2.45) is 0 Å². The van der Waals surface area contributed by atoms with Gasteiger partial charge in [-0.1, -0.05) is 12.1 Å². The topological polar surface area (TPSA) is 94.6 Å². The van der Waals surface area contributed by atoms with Gasteiger partial charge in [-0.05, 0) is 54.6 Å². The Balaban J connectivity index is 1.42. The molecule has 3 heterocycles. The number of ether oxygens (including phenoxy) is 1. The monoisotopic (exact) mass is 382 g/mol. The predicted molar refractivity (Wildman–Crippen MR) is 98.8 cm³/mol. The van der Waals surface area contributed by atoms with Crippen LogP contribution in [0.1, 0.15) is 17.0 Å². The zero-order valence-corrected chi connectivity index (χ0v) is 15.0. The first-order valence-corrected chi connectivity index (χ1v) is 8.88. The van der Waals surface area contributed by atoms with E-state index in [1.807, 2.05) is 19.1 Å². The minimum atomic E-state index is -0.376. The predicted octanol–water partition coefficient (Wildman–Crippen LogP) is 4.15. The van der Waals surface area contributed by atoms with E-state index in [4.69, 9.17) is 13.6 Å². The maximum atomic E-state index is 11.6. The molecule has 1 fully saturated rings. The molecular formula is C19H14N2O5S. The highest BCUT2D eigenvalue weighted by Crippen LogP contribution is 2.27. The van der Waals surface area contributed by atoms with Gasteiger partial charge < -0.3 is 13.6 Å². The number of carbonyl (C=O) groups is 2. The van der Waals surface area contributed by atoms with Gasteiger partial charge in [0.2, 0.25) is 0 Å². The number of hydrogen-bond donors (Lipinski definition) is 1. The van der Waals surface area contributed by atoms with Crippen LogP contribution in [-0.2, 0) is 11.4 Å². The van der Waals surface area contributed by atoms with Crippen LogP contribution in [0.5, 0.6) is 5.75 Å². The largest absolute Gasteiger partial charge is 0.487 e. The molecule has 3 aromatic rings. The fourth-order valence-electron chi connectivity index (χ4n) is 2.45. The van der Waals surface area contributed by atoms with Gasteiger partial charge in [-0.15, -0.1) is 0 Å². The van der Waals surface area contributed by atoms with E-state index in [2.05, 4.69) is 10.3 Å². The van der Waals surface area contributed by atoms with E-state index in [0.717, 1.165) is 17.3 Å². The summed E-state index contributed by atoms with van der Waals surface area (Å²) in [6.45, 7) is 2.07. The highest BCUT2D eigenvalue weighted by Gasteiger charge is 2.24. The van der Waals surface area contributed by atoms with Gasteiger partial charge in [-0.3, -0.25) is 14.9 Å². The Labute approximate surface area is 158 Å². The summed E-state index contributed by atoms with van der Waals surface area (Å²) in [6.07, 6.45) is 3.22. The smallest absolute Gasteiger partial charge is 0.290 e. The first kappa shape index (κ1) is 17.2. The number of aryl methyl sites for hydroxylation is 1. The molecule has 0 bridgehead atoms. The number of benzene rings is 1. The van der Waals surface area contributed by atoms with Crippen LogP contribution >= 0.6 is 11.8 Å². The minimum absolute atomic E-state index is 0.253. The molecule has 8 heteroatoms. The number of thioether (sulfide) groups is 1. The number of oxazole rings is 1. The van der Waals surface area contributed by atoms with Gasteiger partial charge in [-0.25, -0.2) is 4.98 Å². The average molecular weight is 382 g/mol. The Morgan fingerprint density at radius 2 is 2.04 bits per heavy atom. The van der Waals surface area contributed by atoms with Crippen molar-refractivity contribution in [1.82, 2.24) is 10.3 Å². The van der Waals surface area contributed by atoms with Crippen LogP contribution in [-0.4, -0.2) is 16.1 Å². The molecule has 2 aromatic heterocycles. The first-order valence-electron chi connectivity index (χ1n) is 8.06. The number of aromatic nitrogens is 1. The van der Waals surface area contributed by atoms with Gasteiger partial charge in [0.15, 0.2) is 5.76 Å². The van der Waals surface area contributed by atoms with Crippen molar-refractivity contribution in [1.29, 1.82) is 0 Å². The van der Waals surface area contributed by atoms with Crippen molar-refractivity contribution < 1.29 is 23.2 Å². The Morgan fingerprint density at radius 1 is 1.22 bits per heavy atom. The van der Waals surface area contributed by atoms with E-state index < -0.39 is 0 Å². The highest BCUT2D eigenvalue weighted by atomic mass is 32.2. The van der Waals surface area contributed by atoms with Gasteiger partial charge in [-0.2, -0.15) is 0 Å². The fraction of sp³-hybridized carbons (Fsp3) is 0.105.